The third-order valence-corrected chi connectivity index (χ3v) is 5.59. The maximum absolute atomic E-state index is 4.20. The van der Waals surface area contributed by atoms with E-state index in [1.54, 1.807) is 6.33 Å². The van der Waals surface area contributed by atoms with Crippen LogP contribution in [0, 0.1) is 0 Å². The third kappa shape index (κ3) is 3.28. The maximum atomic E-state index is 4.20. The van der Waals surface area contributed by atoms with Gasteiger partial charge in [-0.15, -0.1) is 0 Å². The number of fused-ring (bicyclic) bond motifs is 1. The predicted octanol–water partition coefficient (Wildman–Crippen LogP) is 3.76. The average Bonchev–Trinajstić information content (AvgIpc) is 3.15. The van der Waals surface area contributed by atoms with Gasteiger partial charge in [0.15, 0.2) is 0 Å². The van der Waals surface area contributed by atoms with Crippen molar-refractivity contribution in [1.29, 1.82) is 0 Å². The zero-order valence-electron chi connectivity index (χ0n) is 15.5. The molecule has 0 unspecified atom stereocenters. The molecule has 1 saturated heterocycles. The molecule has 3 heterocycles. The fourth-order valence-electron chi connectivity index (χ4n) is 4.07. The number of rotatable bonds is 2. The summed E-state index contributed by atoms with van der Waals surface area (Å²) in [4.78, 5) is 10.8. The molecule has 1 fully saturated rings. The molecule has 1 aromatic carbocycles. The second-order valence-electron chi connectivity index (χ2n) is 8.37. The molecule has 0 aliphatic carbocycles. The highest BCUT2D eigenvalue weighted by Crippen LogP contribution is 2.36. The Balaban J connectivity index is 1.75. The minimum atomic E-state index is 0.187. The normalized spacial score (nSPS) is 20.6. The van der Waals surface area contributed by atoms with Crippen LogP contribution in [0.15, 0.2) is 30.9 Å². The first-order valence-electron chi connectivity index (χ1n) is 9.42. The molecule has 1 aromatic heterocycles. The molecule has 0 radical (unpaired) electrons. The molecule has 1 atom stereocenters. The lowest BCUT2D eigenvalue weighted by atomic mass is 9.80. The summed E-state index contributed by atoms with van der Waals surface area (Å²) in [6, 6.07) is 5.42. The van der Waals surface area contributed by atoms with Crippen molar-refractivity contribution in [3.05, 3.63) is 53.1 Å². The smallest absolute Gasteiger partial charge is 0.115 e. The van der Waals surface area contributed by atoms with Crippen LogP contribution in [0.1, 0.15) is 61.9 Å². The summed E-state index contributed by atoms with van der Waals surface area (Å²) in [5.41, 5.74) is 7.34. The Bertz CT molecular complexity index is 742. The van der Waals surface area contributed by atoms with Crippen LogP contribution in [-0.2, 0) is 18.4 Å². The highest BCUT2D eigenvalue weighted by molar-refractivity contribution is 5.51. The fraction of sp³-hybridized carbons (Fsp3) is 0.524. The average molecular weight is 336 g/mol. The highest BCUT2D eigenvalue weighted by atomic mass is 15.1. The van der Waals surface area contributed by atoms with Crippen LogP contribution in [0.4, 0.5) is 5.69 Å². The van der Waals surface area contributed by atoms with Crippen molar-refractivity contribution in [3.63, 3.8) is 0 Å². The van der Waals surface area contributed by atoms with E-state index in [1.165, 1.54) is 35.1 Å². The van der Waals surface area contributed by atoms with E-state index >= 15 is 0 Å². The summed E-state index contributed by atoms with van der Waals surface area (Å²) in [6.07, 6.45) is 9.06. The fourth-order valence-corrected chi connectivity index (χ4v) is 4.07. The van der Waals surface area contributed by atoms with Gasteiger partial charge < -0.3 is 10.2 Å². The lowest BCUT2D eigenvalue weighted by Gasteiger charge is -2.34. The molecule has 4 heteroatoms. The molecular weight excluding hydrogens is 308 g/mol. The van der Waals surface area contributed by atoms with Crippen molar-refractivity contribution < 1.29 is 0 Å². The van der Waals surface area contributed by atoms with Crippen LogP contribution in [0.3, 0.4) is 0 Å². The Kier molecular flexibility index (Phi) is 4.24. The number of nitrogens with one attached hydrogen (secondary N) is 1. The van der Waals surface area contributed by atoms with E-state index in [0.717, 1.165) is 31.7 Å². The number of anilines is 1. The van der Waals surface area contributed by atoms with Gasteiger partial charge in [-0.2, -0.15) is 0 Å². The molecule has 132 valence electrons. The van der Waals surface area contributed by atoms with Gasteiger partial charge in [0.2, 0.25) is 0 Å². The summed E-state index contributed by atoms with van der Waals surface area (Å²) in [7, 11) is 0. The van der Waals surface area contributed by atoms with Gasteiger partial charge in [0.25, 0.3) is 0 Å². The van der Waals surface area contributed by atoms with E-state index < -0.39 is 0 Å². The molecule has 4 nitrogen and oxygen atoms in total. The first-order valence-corrected chi connectivity index (χ1v) is 9.42. The van der Waals surface area contributed by atoms with Gasteiger partial charge in [0.1, 0.15) is 6.33 Å². The third-order valence-electron chi connectivity index (χ3n) is 5.59. The van der Waals surface area contributed by atoms with Crippen LogP contribution in [0.25, 0.3) is 0 Å². The van der Waals surface area contributed by atoms with Gasteiger partial charge in [0, 0.05) is 19.1 Å². The zero-order chi connectivity index (χ0) is 17.4. The number of nitrogens with zero attached hydrogens (tertiary/aromatic N) is 3. The van der Waals surface area contributed by atoms with Crippen LogP contribution >= 0.6 is 0 Å². The predicted molar refractivity (Wildman–Crippen MR) is 102 cm³/mol. The van der Waals surface area contributed by atoms with E-state index in [4.69, 9.17) is 0 Å². The largest absolute Gasteiger partial charge is 0.364 e. The molecule has 0 amide bonds. The van der Waals surface area contributed by atoms with E-state index in [2.05, 4.69) is 53.1 Å². The van der Waals surface area contributed by atoms with Crippen molar-refractivity contribution in [1.82, 2.24) is 15.3 Å². The maximum Gasteiger partial charge on any atom is 0.115 e. The summed E-state index contributed by atoms with van der Waals surface area (Å²) < 4.78 is 0. The Morgan fingerprint density at radius 2 is 1.96 bits per heavy atom. The molecule has 0 bridgehead atoms. The van der Waals surface area contributed by atoms with Crippen molar-refractivity contribution >= 4 is 5.69 Å². The minimum absolute atomic E-state index is 0.187. The van der Waals surface area contributed by atoms with Crippen LogP contribution < -0.4 is 10.2 Å². The lowest BCUT2D eigenvalue weighted by molar-refractivity contribution is 0.576. The first kappa shape index (κ1) is 16.5. The standard InChI is InChI=1S/C21H28N4/c1-21(2,3)16-9-15-6-8-25(17-11-22-14-23-12-17)13-19(15)18(10-16)20-5-4-7-24-20/h9-12,14,20,24H,4-8,13H2,1-3H3/t20-/m0/s1. The van der Waals surface area contributed by atoms with Crippen LogP contribution in [0.5, 0.6) is 0 Å². The second-order valence-corrected chi connectivity index (χ2v) is 8.37. The molecule has 2 aliphatic heterocycles. The van der Waals surface area contributed by atoms with Gasteiger partial charge in [-0.3, -0.25) is 0 Å². The molecule has 1 N–H and O–H groups in total. The van der Waals surface area contributed by atoms with Crippen LogP contribution in [-0.4, -0.2) is 23.1 Å². The second kappa shape index (κ2) is 6.41. The molecule has 2 aliphatic rings. The van der Waals surface area contributed by atoms with Gasteiger partial charge in [-0.1, -0.05) is 32.9 Å². The topological polar surface area (TPSA) is 41.0 Å². The Labute approximate surface area is 150 Å². The van der Waals surface area contributed by atoms with Crippen molar-refractivity contribution in [2.24, 2.45) is 0 Å². The molecular formula is C21H28N4. The highest BCUT2D eigenvalue weighted by Gasteiger charge is 2.28. The summed E-state index contributed by atoms with van der Waals surface area (Å²) in [6.45, 7) is 10.1. The van der Waals surface area contributed by atoms with Crippen LogP contribution in [0.2, 0.25) is 0 Å². The van der Waals surface area contributed by atoms with E-state index in [0.29, 0.717) is 6.04 Å². The Hall–Kier alpha value is -1.94. The van der Waals surface area contributed by atoms with Gasteiger partial charge in [0.05, 0.1) is 18.1 Å². The zero-order valence-corrected chi connectivity index (χ0v) is 15.5. The minimum Gasteiger partial charge on any atom is -0.364 e. The van der Waals surface area contributed by atoms with E-state index in [9.17, 15) is 0 Å². The molecule has 4 rings (SSSR count). The molecule has 0 saturated carbocycles. The monoisotopic (exact) mass is 336 g/mol. The van der Waals surface area contributed by atoms with E-state index in [-0.39, 0.29) is 5.41 Å². The number of aromatic nitrogens is 2. The van der Waals surface area contributed by atoms with Crippen molar-refractivity contribution in [3.8, 4) is 0 Å². The number of hydrogen-bond donors (Lipinski definition) is 1. The number of benzene rings is 1. The Morgan fingerprint density at radius 3 is 2.64 bits per heavy atom. The molecule has 2 aromatic rings. The van der Waals surface area contributed by atoms with Gasteiger partial charge >= 0.3 is 0 Å². The first-order chi connectivity index (χ1) is 12.0. The van der Waals surface area contributed by atoms with Gasteiger partial charge in [-0.25, -0.2) is 9.97 Å². The Morgan fingerprint density at radius 1 is 1.16 bits per heavy atom. The van der Waals surface area contributed by atoms with Crippen molar-refractivity contribution in [2.75, 3.05) is 18.0 Å². The quantitative estimate of drug-likeness (QED) is 0.906. The van der Waals surface area contributed by atoms with Crippen molar-refractivity contribution in [2.45, 2.75) is 58.0 Å². The van der Waals surface area contributed by atoms with Gasteiger partial charge in [-0.05, 0) is 53.5 Å². The van der Waals surface area contributed by atoms with E-state index in [1.807, 2.05) is 12.4 Å². The summed E-state index contributed by atoms with van der Waals surface area (Å²) in [5, 5.41) is 3.71. The molecule has 0 spiro atoms. The summed E-state index contributed by atoms with van der Waals surface area (Å²) >= 11 is 0. The number of hydrogen-bond acceptors (Lipinski definition) is 4. The SMILES string of the molecule is CC(C)(C)c1cc2c(c([C@@H]3CCCN3)c1)CN(c1cncnc1)CC2. The molecule has 25 heavy (non-hydrogen) atoms. The summed E-state index contributed by atoms with van der Waals surface area (Å²) in [5.74, 6) is 0. The lowest BCUT2D eigenvalue weighted by Crippen LogP contribution is -2.33.